The van der Waals surface area contributed by atoms with Gasteiger partial charge in [-0.25, -0.2) is 40.8 Å². The lowest BCUT2D eigenvalue weighted by Gasteiger charge is -2.15. The van der Waals surface area contributed by atoms with Crippen LogP contribution in [0.1, 0.15) is 187 Å². The molecule has 0 aromatic heterocycles. The number of unbranched alkanes of at least 4 members (excludes halogenated alkanes) is 10. The Morgan fingerprint density at radius 2 is 0.541 bits per heavy atom. The second kappa shape index (κ2) is 57.2. The van der Waals surface area contributed by atoms with E-state index >= 15 is 0 Å². The molecule has 0 spiro atoms. The number of hydrogen-bond acceptors (Lipinski definition) is 10. The van der Waals surface area contributed by atoms with Gasteiger partial charge in [-0.15, -0.1) is 0 Å². The molecule has 16 aromatic carbocycles. The highest BCUT2D eigenvalue weighted by Crippen LogP contribution is 2.38. The zero-order valence-corrected chi connectivity index (χ0v) is 89.1. The number of carboxylic acid groups (broad SMARTS) is 5. The predicted octanol–water partition coefficient (Wildman–Crippen LogP) is 33.9. The summed E-state index contributed by atoms with van der Waals surface area (Å²) in [6.07, 6.45) is 12.8. The predicted molar refractivity (Wildman–Crippen MR) is 610 cm³/mol. The molecule has 16 rings (SSSR count). The normalized spacial score (nSPS) is 10.7. The maximum absolute atomic E-state index is 12.7. The van der Waals surface area contributed by atoms with E-state index in [1.165, 1.54) is 49.7 Å². The van der Waals surface area contributed by atoms with E-state index in [-0.39, 0.29) is 11.5 Å². The first kappa shape index (κ1) is 115. The molecule has 0 bridgehead atoms. The van der Waals surface area contributed by atoms with Crippen molar-refractivity contribution < 1.29 is 71.1 Å². The summed E-state index contributed by atoms with van der Waals surface area (Å²) in [7, 11) is -5.08. The topological polar surface area (TPSA) is 288 Å². The number of hydrogen-bond donors (Lipinski definition) is 7. The SMILES string of the molecule is CCCCCCCCS(=O)(=O)Nc1cc(-c2ccc(-c3ccccc3)cc2)ccc1C.CCCCCCCCS(=O)(=O)Nc1cc(-c2ccccc2-c2ccccc2)ccc1C.COc1ccc(-c2ccc(C(=O)O)c(C)c2)cc1.Cc1cc(-c2ccccc2C)ccc1C(=O)O.Cc1ccc(-c2ccc(Cl)cc2)cc1C(=O)O.Cc1ccc(-c2cccc(Cl)c2)cc1C(=O)O.Cc1ccc(-c2ccccc2Cl)cc1C(=O)O. The quantitative estimate of drug-likeness (QED) is 0.0188. The lowest BCUT2D eigenvalue weighted by atomic mass is 9.94. The smallest absolute Gasteiger partial charge is 0.335 e. The van der Waals surface area contributed by atoms with Gasteiger partial charge >= 0.3 is 29.8 Å². The number of rotatable bonds is 33. The van der Waals surface area contributed by atoms with Crippen LogP contribution in [0.25, 0.3) is 100 Å². The van der Waals surface area contributed by atoms with Crippen LogP contribution >= 0.6 is 34.8 Å². The average Bonchev–Trinajstić information content (AvgIpc) is 0.796. The van der Waals surface area contributed by atoms with E-state index in [2.05, 4.69) is 103 Å². The van der Waals surface area contributed by atoms with Crippen molar-refractivity contribution in [1.29, 1.82) is 0 Å². The van der Waals surface area contributed by atoms with Gasteiger partial charge in [0, 0.05) is 20.6 Å². The first-order chi connectivity index (χ1) is 70.9. The van der Waals surface area contributed by atoms with Gasteiger partial charge in [-0.05, 0) is 292 Å². The fraction of sp³-hybridized carbons (Fsp3) is 0.198. The first-order valence-corrected chi connectivity index (χ1v) is 53.6. The third-order valence-electron chi connectivity index (χ3n) is 24.9. The Bertz CT molecular complexity index is 7430. The minimum absolute atomic E-state index is 0.170. The Kier molecular flexibility index (Phi) is 44.5. The van der Waals surface area contributed by atoms with Gasteiger partial charge in [0.1, 0.15) is 5.75 Å². The van der Waals surface area contributed by atoms with E-state index in [9.17, 15) is 40.8 Å². The maximum Gasteiger partial charge on any atom is 0.335 e. The summed E-state index contributed by atoms with van der Waals surface area (Å²) < 4.78 is 61.2. The fourth-order valence-corrected chi connectivity index (χ4v) is 19.5. The summed E-state index contributed by atoms with van der Waals surface area (Å²) >= 11 is 17.8. The Morgan fingerprint density at radius 1 is 0.243 bits per heavy atom. The molecule has 0 saturated carbocycles. The van der Waals surface area contributed by atoms with Crippen LogP contribution in [0.3, 0.4) is 0 Å². The number of sulfonamides is 2. The summed E-state index contributed by atoms with van der Waals surface area (Å²) in [5.74, 6) is -3.36. The van der Waals surface area contributed by atoms with Gasteiger partial charge in [-0.2, -0.15) is 0 Å². The van der Waals surface area contributed by atoms with Gasteiger partial charge in [0.15, 0.2) is 0 Å². The van der Waals surface area contributed by atoms with Crippen LogP contribution in [-0.4, -0.2) is 90.8 Å². The highest BCUT2D eigenvalue weighted by molar-refractivity contribution is 7.93. The molecule has 0 heterocycles. The molecule has 0 fully saturated rings. The monoisotopic (exact) mass is 2080 g/mol. The Morgan fingerprint density at radius 3 is 0.980 bits per heavy atom. The van der Waals surface area contributed by atoms with Crippen LogP contribution in [0.2, 0.25) is 15.1 Å². The van der Waals surface area contributed by atoms with E-state index in [1.54, 1.807) is 102 Å². The lowest BCUT2D eigenvalue weighted by Crippen LogP contribution is -2.17. The molecular weight excluding hydrogens is 1950 g/mol. The molecule has 17 nitrogen and oxygen atoms in total. The van der Waals surface area contributed by atoms with Crippen LogP contribution < -0.4 is 14.2 Å². The van der Waals surface area contributed by atoms with Crippen LogP contribution in [0.15, 0.2) is 358 Å². The number of halogens is 3. The van der Waals surface area contributed by atoms with Gasteiger partial charge in [-0.1, -0.05) is 386 Å². The van der Waals surface area contributed by atoms with Crippen molar-refractivity contribution in [2.75, 3.05) is 28.1 Å². The number of methoxy groups -OCH3 is 1. The van der Waals surface area contributed by atoms with E-state index < -0.39 is 49.9 Å². The highest BCUT2D eigenvalue weighted by atomic mass is 35.5. The van der Waals surface area contributed by atoms with Crippen molar-refractivity contribution in [2.24, 2.45) is 0 Å². The minimum Gasteiger partial charge on any atom is -0.497 e. The van der Waals surface area contributed by atoms with Gasteiger partial charge in [0.2, 0.25) is 20.0 Å². The van der Waals surface area contributed by atoms with Crippen LogP contribution in [0, 0.1) is 55.4 Å². The molecule has 0 atom stereocenters. The van der Waals surface area contributed by atoms with E-state index in [0.717, 1.165) is 165 Å². The Hall–Kier alpha value is -15.0. The molecule has 22 heteroatoms. The molecule has 7 N–H and O–H groups in total. The molecule has 0 saturated heterocycles. The van der Waals surface area contributed by atoms with Gasteiger partial charge < -0.3 is 30.3 Å². The van der Waals surface area contributed by atoms with Gasteiger partial charge in [0.05, 0.1) is 57.8 Å². The minimum atomic E-state index is -3.36. The summed E-state index contributed by atoms with van der Waals surface area (Å²) in [5, 5.41) is 47.1. The molecule has 16 aromatic rings. The summed E-state index contributed by atoms with van der Waals surface area (Å²) in [4.78, 5) is 55.0. The molecule has 0 unspecified atom stereocenters. The van der Waals surface area contributed by atoms with Gasteiger partial charge in [0.25, 0.3) is 0 Å². The fourth-order valence-electron chi connectivity index (χ4n) is 16.4. The van der Waals surface area contributed by atoms with Crippen LogP contribution in [-0.2, 0) is 20.0 Å². The number of benzene rings is 16. The number of carboxylic acids is 5. The number of nitrogens with one attached hydrogen (secondary N) is 2. The molecular formula is C126H127Cl3N2O15S2. The summed E-state index contributed by atoms with van der Waals surface area (Å²) in [5.41, 5.74) is 28.1. The zero-order chi connectivity index (χ0) is 107. The summed E-state index contributed by atoms with van der Waals surface area (Å²) in [6, 6.07) is 114. The van der Waals surface area contributed by atoms with Crippen molar-refractivity contribution in [2.45, 2.75) is 146 Å². The number of anilines is 2. The van der Waals surface area contributed by atoms with Crippen LogP contribution in [0.5, 0.6) is 5.75 Å². The molecule has 148 heavy (non-hydrogen) atoms. The van der Waals surface area contributed by atoms with Gasteiger partial charge in [-0.3, -0.25) is 9.44 Å². The maximum atomic E-state index is 12.7. The van der Waals surface area contributed by atoms with E-state index in [4.69, 9.17) is 65.1 Å². The average molecular weight is 2080 g/mol. The summed E-state index contributed by atoms with van der Waals surface area (Å²) in [6.45, 7) is 19.3. The lowest BCUT2D eigenvalue weighted by molar-refractivity contribution is 0.0685. The highest BCUT2D eigenvalue weighted by Gasteiger charge is 2.20. The largest absolute Gasteiger partial charge is 0.497 e. The number of aryl methyl sites for hydroxylation is 8. The third kappa shape index (κ3) is 35.2. The second-order valence-corrected chi connectivity index (χ2v) is 41.0. The van der Waals surface area contributed by atoms with E-state index in [0.29, 0.717) is 67.1 Å². The molecule has 0 amide bonds. The first-order valence-electron chi connectivity index (χ1n) is 49.1. The zero-order valence-electron chi connectivity index (χ0n) is 85.2. The van der Waals surface area contributed by atoms with Crippen molar-refractivity contribution in [3.05, 3.63) is 445 Å². The van der Waals surface area contributed by atoms with E-state index in [1.807, 2.05) is 239 Å². The Labute approximate surface area is 886 Å². The van der Waals surface area contributed by atoms with Crippen molar-refractivity contribution >= 4 is 96.1 Å². The molecule has 0 aliphatic heterocycles. The molecule has 0 radical (unpaired) electrons. The number of aromatic carboxylic acids is 5. The second-order valence-electron chi connectivity index (χ2n) is 36.0. The third-order valence-corrected chi connectivity index (χ3v) is 28.4. The molecule has 764 valence electrons. The van der Waals surface area contributed by atoms with Crippen molar-refractivity contribution in [3.8, 4) is 106 Å². The number of carbonyl (C=O) groups is 5. The Balaban J connectivity index is 0.000000180. The van der Waals surface area contributed by atoms with Crippen molar-refractivity contribution in [3.63, 3.8) is 0 Å². The standard InChI is InChI=1S/2C27H33NO2S.C15H14O3.C15H14O2.3C14H11ClO2/c1-3-4-5-6-7-13-20-31(29,30)28-27-21-24(19-18-22(27)2)26-17-12-11-16-25(26)23-14-9-8-10-15-23;1-3-4-5-6-7-11-20-31(29,30)28-27-21-26(15-14-22(27)2)25-18-16-24(17-19-25)23-12-9-8-10-13-23;1-10-9-12(5-8-14(10)15(16)17)11-3-6-13(18-2)7-4-11;1-10-5-3-4-6-13(10)12-7-8-14(15(16)17)11(2)9-12;1-9-2-3-11(8-13(9)14(16)17)10-4-6-12(15)7-5-10;1-9-5-6-11(8-13(9)14(16)17)10-3-2-4-12(15)7-10;1-9-6-7-10(8-12(9)14(16)17)11-4-2-3-5-13(11)15/h8-12,14-19,21,28H,3-7,13,20H2,1-2H3;8-10,12-19,21,28H,3-7,11,20H2,1-2H3;3-9H,1-2H3,(H,16,17);3-9H,1-2H3,(H,16,17);3*2-8H,1H3,(H,16,17). The number of ether oxygens (including phenoxy) is 1. The molecule has 0 aliphatic rings. The van der Waals surface area contributed by atoms with Crippen molar-refractivity contribution in [1.82, 2.24) is 0 Å². The molecule has 0 aliphatic carbocycles. The van der Waals surface area contributed by atoms with Crippen LogP contribution in [0.4, 0.5) is 11.4 Å².